The molecule has 1 amide bonds. The highest BCUT2D eigenvalue weighted by Crippen LogP contribution is 2.21. The molecule has 0 saturated carbocycles. The monoisotopic (exact) mass is 372 g/mol. The van der Waals surface area contributed by atoms with E-state index in [1.807, 2.05) is 0 Å². The van der Waals surface area contributed by atoms with Gasteiger partial charge in [-0.25, -0.2) is 17.8 Å². The van der Waals surface area contributed by atoms with Crippen molar-refractivity contribution < 1.29 is 17.6 Å². The molecule has 0 unspecified atom stereocenters. The number of aromatic nitrogens is 1. The Hall–Kier alpha value is -1.80. The fourth-order valence-electron chi connectivity index (χ4n) is 1.58. The third-order valence-electron chi connectivity index (χ3n) is 2.56. The number of rotatable bonds is 3. The number of anilines is 1. The molecule has 8 heteroatoms. The number of nitrogens with zero attached hydrogens (tertiary/aromatic N) is 1. The van der Waals surface area contributed by atoms with Crippen LogP contribution in [0.4, 0.5) is 10.1 Å². The lowest BCUT2D eigenvalue weighted by atomic mass is 10.2. The summed E-state index contributed by atoms with van der Waals surface area (Å²) in [7, 11) is -3.40. The van der Waals surface area contributed by atoms with Crippen molar-refractivity contribution in [3.8, 4) is 0 Å². The summed E-state index contributed by atoms with van der Waals surface area (Å²) in [5.74, 6) is -1.32. The lowest BCUT2D eigenvalue weighted by Crippen LogP contribution is -2.15. The Morgan fingerprint density at radius 3 is 2.52 bits per heavy atom. The van der Waals surface area contributed by atoms with Crippen molar-refractivity contribution in [2.24, 2.45) is 0 Å². The average molecular weight is 373 g/mol. The Kier molecular flexibility index (Phi) is 4.38. The lowest BCUT2D eigenvalue weighted by molar-refractivity contribution is 0.102. The molecule has 1 aromatic carbocycles. The van der Waals surface area contributed by atoms with Crippen LogP contribution in [0.5, 0.6) is 0 Å². The molecule has 0 aliphatic heterocycles. The van der Waals surface area contributed by atoms with Crippen molar-refractivity contribution in [2.75, 3.05) is 11.6 Å². The maximum atomic E-state index is 13.6. The van der Waals surface area contributed by atoms with Gasteiger partial charge in [-0.15, -0.1) is 0 Å². The molecule has 1 heterocycles. The van der Waals surface area contributed by atoms with Gasteiger partial charge in [0.25, 0.3) is 5.91 Å². The Bertz CT molecular complexity index is 771. The summed E-state index contributed by atoms with van der Waals surface area (Å²) in [6.45, 7) is 0. The second-order valence-electron chi connectivity index (χ2n) is 4.21. The van der Waals surface area contributed by atoms with E-state index < -0.39 is 21.6 Å². The van der Waals surface area contributed by atoms with Crippen LogP contribution in [0.25, 0.3) is 0 Å². The van der Waals surface area contributed by atoms with E-state index in [1.54, 1.807) is 6.07 Å². The Balaban J connectivity index is 2.24. The summed E-state index contributed by atoms with van der Waals surface area (Å²) in [5, 5.41) is 2.35. The summed E-state index contributed by atoms with van der Waals surface area (Å²) in [6.07, 6.45) is 2.23. The normalized spacial score (nSPS) is 11.2. The van der Waals surface area contributed by atoms with Gasteiger partial charge >= 0.3 is 0 Å². The SMILES string of the molecule is CS(=O)(=O)c1ccc(NC(=O)c2c(F)cccc2Br)cn1. The number of halogens is 2. The van der Waals surface area contributed by atoms with Gasteiger partial charge in [0.2, 0.25) is 0 Å². The van der Waals surface area contributed by atoms with E-state index in [4.69, 9.17) is 0 Å². The third kappa shape index (κ3) is 3.64. The van der Waals surface area contributed by atoms with E-state index in [1.165, 1.54) is 30.5 Å². The van der Waals surface area contributed by atoms with Gasteiger partial charge in [-0.2, -0.15) is 0 Å². The van der Waals surface area contributed by atoms with E-state index in [2.05, 4.69) is 26.2 Å². The van der Waals surface area contributed by atoms with Gasteiger partial charge in [-0.1, -0.05) is 6.07 Å². The molecule has 0 saturated heterocycles. The molecule has 21 heavy (non-hydrogen) atoms. The maximum Gasteiger partial charge on any atom is 0.259 e. The number of pyridine rings is 1. The first kappa shape index (κ1) is 15.6. The highest BCUT2D eigenvalue weighted by Gasteiger charge is 2.16. The van der Waals surface area contributed by atoms with Crippen LogP contribution < -0.4 is 5.32 Å². The fraction of sp³-hybridized carbons (Fsp3) is 0.0769. The first-order valence-electron chi connectivity index (χ1n) is 5.70. The highest BCUT2D eigenvalue weighted by molar-refractivity contribution is 9.10. The van der Waals surface area contributed by atoms with Crippen LogP contribution in [0.3, 0.4) is 0 Å². The summed E-state index contributed by atoms with van der Waals surface area (Å²) >= 11 is 3.10. The second kappa shape index (κ2) is 5.90. The summed E-state index contributed by atoms with van der Waals surface area (Å²) < 4.78 is 36.5. The van der Waals surface area contributed by atoms with E-state index in [-0.39, 0.29) is 16.3 Å². The van der Waals surface area contributed by atoms with Crippen LogP contribution in [0.1, 0.15) is 10.4 Å². The van der Waals surface area contributed by atoms with E-state index in [9.17, 15) is 17.6 Å². The van der Waals surface area contributed by atoms with Crippen LogP contribution >= 0.6 is 15.9 Å². The molecule has 5 nitrogen and oxygen atoms in total. The average Bonchev–Trinajstić information content (AvgIpc) is 2.38. The molecular formula is C13H10BrFN2O3S. The minimum atomic E-state index is -3.40. The van der Waals surface area contributed by atoms with Gasteiger partial charge in [0.1, 0.15) is 5.82 Å². The van der Waals surface area contributed by atoms with Crippen LogP contribution in [0, 0.1) is 5.82 Å². The van der Waals surface area contributed by atoms with Gasteiger partial charge < -0.3 is 5.32 Å². The van der Waals surface area contributed by atoms with E-state index >= 15 is 0 Å². The second-order valence-corrected chi connectivity index (χ2v) is 7.03. The van der Waals surface area contributed by atoms with Crippen LogP contribution in [0.15, 0.2) is 46.0 Å². The minimum Gasteiger partial charge on any atom is -0.320 e. The maximum absolute atomic E-state index is 13.6. The number of hydrogen-bond acceptors (Lipinski definition) is 4. The van der Waals surface area contributed by atoms with Crippen molar-refractivity contribution >= 4 is 37.4 Å². The first-order chi connectivity index (χ1) is 9.79. The molecule has 1 aromatic heterocycles. The molecule has 1 N–H and O–H groups in total. The van der Waals surface area contributed by atoms with Crippen molar-refractivity contribution in [1.29, 1.82) is 0 Å². The number of carbonyl (C=O) groups is 1. The number of nitrogens with one attached hydrogen (secondary N) is 1. The number of amides is 1. The molecule has 0 spiro atoms. The van der Waals surface area contributed by atoms with Crippen molar-refractivity contribution in [3.63, 3.8) is 0 Å². The number of benzene rings is 1. The molecule has 2 aromatic rings. The zero-order valence-electron chi connectivity index (χ0n) is 10.8. The van der Waals surface area contributed by atoms with Crippen molar-refractivity contribution in [2.45, 2.75) is 5.03 Å². The largest absolute Gasteiger partial charge is 0.320 e. The van der Waals surface area contributed by atoms with Gasteiger partial charge in [-0.05, 0) is 40.2 Å². The highest BCUT2D eigenvalue weighted by atomic mass is 79.9. The predicted octanol–water partition coefficient (Wildman–Crippen LogP) is 2.64. The predicted molar refractivity (Wildman–Crippen MR) is 79.4 cm³/mol. The standard InChI is InChI=1S/C13H10BrFN2O3S/c1-21(19,20)11-6-5-8(7-16-11)17-13(18)12-9(14)3-2-4-10(12)15/h2-7H,1H3,(H,17,18). The number of carbonyl (C=O) groups excluding carboxylic acids is 1. The molecule has 0 atom stereocenters. The first-order valence-corrected chi connectivity index (χ1v) is 8.39. The fourth-order valence-corrected chi connectivity index (χ4v) is 2.66. The summed E-state index contributed by atoms with van der Waals surface area (Å²) in [4.78, 5) is 15.7. The molecule has 110 valence electrons. The van der Waals surface area contributed by atoms with Gasteiger partial charge in [0.05, 0.1) is 17.4 Å². The number of hydrogen-bond donors (Lipinski definition) is 1. The Labute approximate surface area is 129 Å². The minimum absolute atomic E-state index is 0.104. The van der Waals surface area contributed by atoms with Crippen LogP contribution in [-0.2, 0) is 9.84 Å². The number of sulfone groups is 1. The molecular weight excluding hydrogens is 363 g/mol. The quantitative estimate of drug-likeness (QED) is 0.898. The van der Waals surface area contributed by atoms with Crippen molar-refractivity contribution in [3.05, 3.63) is 52.4 Å². The molecule has 0 radical (unpaired) electrons. The smallest absolute Gasteiger partial charge is 0.259 e. The summed E-state index contributed by atoms with van der Waals surface area (Å²) in [6, 6.07) is 6.84. The molecule has 2 rings (SSSR count). The summed E-state index contributed by atoms with van der Waals surface area (Å²) in [5.41, 5.74) is 0.132. The zero-order chi connectivity index (χ0) is 15.6. The molecule has 0 aliphatic carbocycles. The lowest BCUT2D eigenvalue weighted by Gasteiger charge is -2.08. The Morgan fingerprint density at radius 2 is 2.00 bits per heavy atom. The van der Waals surface area contributed by atoms with Crippen LogP contribution in [0.2, 0.25) is 0 Å². The van der Waals surface area contributed by atoms with Gasteiger partial charge in [-0.3, -0.25) is 4.79 Å². The topological polar surface area (TPSA) is 76.1 Å². The van der Waals surface area contributed by atoms with Gasteiger partial charge in [0.15, 0.2) is 14.9 Å². The Morgan fingerprint density at radius 1 is 1.29 bits per heavy atom. The van der Waals surface area contributed by atoms with Crippen LogP contribution in [-0.4, -0.2) is 25.6 Å². The molecule has 0 aliphatic rings. The van der Waals surface area contributed by atoms with Crippen molar-refractivity contribution in [1.82, 2.24) is 4.98 Å². The van der Waals surface area contributed by atoms with E-state index in [0.29, 0.717) is 4.47 Å². The zero-order valence-corrected chi connectivity index (χ0v) is 13.2. The molecule has 0 fully saturated rings. The third-order valence-corrected chi connectivity index (χ3v) is 4.23. The van der Waals surface area contributed by atoms with Gasteiger partial charge in [0, 0.05) is 10.7 Å². The molecule has 0 bridgehead atoms. The van der Waals surface area contributed by atoms with E-state index in [0.717, 1.165) is 6.26 Å².